The van der Waals surface area contributed by atoms with Crippen molar-refractivity contribution in [3.05, 3.63) is 80.3 Å². The van der Waals surface area contributed by atoms with E-state index in [0.717, 1.165) is 70.5 Å². The van der Waals surface area contributed by atoms with E-state index in [1.807, 2.05) is 41.3 Å². The Balaban J connectivity index is 1.42. The van der Waals surface area contributed by atoms with Gasteiger partial charge >= 0.3 is 0 Å². The molecular formula is C26H32Br2N6O2. The van der Waals surface area contributed by atoms with Crippen molar-refractivity contribution < 1.29 is 9.47 Å². The standard InChI is InChI=1S/C26H32Br2N6O2/c1-30-21(17-33(29)13-11-19-7-9-25(35-2)23(27)15-19)5-4-6-22-18-34(32-31-22)14-12-20-8-10-26(36-3)24(28)16-20/h7-10,15-18H,1,4-6,11-14,29H2,2-3H3/b21-17-. The Bertz CT molecular complexity index is 1180. The number of benzene rings is 2. The molecule has 3 rings (SSSR count). The summed E-state index contributed by atoms with van der Waals surface area (Å²) in [7, 11) is 3.32. The molecule has 1 heterocycles. The predicted octanol–water partition coefficient (Wildman–Crippen LogP) is 5.35. The van der Waals surface area contributed by atoms with E-state index in [9.17, 15) is 0 Å². The van der Waals surface area contributed by atoms with E-state index in [-0.39, 0.29) is 0 Å². The monoisotopic (exact) mass is 618 g/mol. The van der Waals surface area contributed by atoms with Gasteiger partial charge in [0.1, 0.15) is 11.5 Å². The third-order valence-electron chi connectivity index (χ3n) is 5.69. The molecule has 0 radical (unpaired) electrons. The highest BCUT2D eigenvalue weighted by molar-refractivity contribution is 9.10. The van der Waals surface area contributed by atoms with Gasteiger partial charge in [0.05, 0.1) is 34.6 Å². The first-order valence-corrected chi connectivity index (χ1v) is 13.2. The molecule has 0 saturated carbocycles. The number of hydrogen-bond acceptors (Lipinski definition) is 7. The smallest absolute Gasteiger partial charge is 0.133 e. The van der Waals surface area contributed by atoms with Crippen molar-refractivity contribution in [3.63, 3.8) is 0 Å². The number of ether oxygens (including phenoxy) is 2. The minimum Gasteiger partial charge on any atom is -0.496 e. The number of aromatic nitrogens is 3. The molecule has 0 unspecified atom stereocenters. The number of methoxy groups -OCH3 is 2. The van der Waals surface area contributed by atoms with Gasteiger partial charge in [-0.15, -0.1) is 5.10 Å². The van der Waals surface area contributed by atoms with Crippen LogP contribution in [0.15, 0.2) is 68.4 Å². The molecule has 0 aliphatic rings. The Morgan fingerprint density at radius 3 is 2.28 bits per heavy atom. The van der Waals surface area contributed by atoms with Crippen molar-refractivity contribution in [1.29, 1.82) is 0 Å². The zero-order valence-corrected chi connectivity index (χ0v) is 23.8. The highest BCUT2D eigenvalue weighted by Crippen LogP contribution is 2.26. The van der Waals surface area contributed by atoms with Gasteiger partial charge in [-0.05, 0) is 106 Å². The fourth-order valence-electron chi connectivity index (χ4n) is 3.69. The third-order valence-corrected chi connectivity index (χ3v) is 6.93. The van der Waals surface area contributed by atoms with Crippen LogP contribution in [-0.4, -0.2) is 47.5 Å². The maximum atomic E-state index is 6.18. The molecule has 36 heavy (non-hydrogen) atoms. The number of nitrogens with two attached hydrogens (primary N) is 1. The Kier molecular flexibility index (Phi) is 11.0. The first kappa shape index (κ1) is 27.9. The predicted molar refractivity (Wildman–Crippen MR) is 150 cm³/mol. The van der Waals surface area contributed by atoms with Gasteiger partial charge in [-0.1, -0.05) is 17.3 Å². The van der Waals surface area contributed by atoms with Crippen LogP contribution in [-0.2, 0) is 25.8 Å². The summed E-state index contributed by atoms with van der Waals surface area (Å²) in [5.74, 6) is 7.82. The quantitative estimate of drug-likeness (QED) is 0.149. The van der Waals surface area contributed by atoms with Crippen LogP contribution in [0.5, 0.6) is 11.5 Å². The Hall–Kier alpha value is -2.69. The molecule has 1 aromatic heterocycles. The lowest BCUT2D eigenvalue weighted by molar-refractivity contribution is 0.392. The van der Waals surface area contributed by atoms with Gasteiger partial charge in [0.15, 0.2) is 0 Å². The summed E-state index contributed by atoms with van der Waals surface area (Å²) in [5, 5.41) is 10.2. The van der Waals surface area contributed by atoms with Crippen LogP contribution < -0.4 is 15.3 Å². The van der Waals surface area contributed by atoms with Crippen molar-refractivity contribution >= 4 is 38.6 Å². The summed E-state index contributed by atoms with van der Waals surface area (Å²) in [5.41, 5.74) is 4.19. The fraction of sp³-hybridized carbons (Fsp3) is 0.346. The maximum absolute atomic E-state index is 6.18. The van der Waals surface area contributed by atoms with Crippen LogP contribution in [0, 0.1) is 0 Å². The van der Waals surface area contributed by atoms with Crippen molar-refractivity contribution in [2.24, 2.45) is 10.8 Å². The number of aryl methyl sites for hydroxylation is 3. The minimum atomic E-state index is 0.664. The van der Waals surface area contributed by atoms with Gasteiger partial charge in [0.2, 0.25) is 0 Å². The van der Waals surface area contributed by atoms with Crippen molar-refractivity contribution in [3.8, 4) is 11.5 Å². The Labute approximate surface area is 229 Å². The summed E-state index contributed by atoms with van der Waals surface area (Å²) in [6, 6.07) is 12.1. The third kappa shape index (κ3) is 8.46. The zero-order valence-electron chi connectivity index (χ0n) is 20.7. The van der Waals surface area contributed by atoms with Gasteiger partial charge < -0.3 is 14.5 Å². The molecule has 0 saturated heterocycles. The van der Waals surface area contributed by atoms with Gasteiger partial charge in [0, 0.05) is 25.5 Å². The number of allylic oxidation sites excluding steroid dienone is 1. The molecule has 0 aliphatic heterocycles. The van der Waals surface area contributed by atoms with E-state index in [4.69, 9.17) is 15.3 Å². The lowest BCUT2D eigenvalue weighted by Crippen LogP contribution is -2.27. The second kappa shape index (κ2) is 14.2. The van der Waals surface area contributed by atoms with Gasteiger partial charge in [-0.25, -0.2) is 5.84 Å². The highest BCUT2D eigenvalue weighted by atomic mass is 79.9. The lowest BCUT2D eigenvalue weighted by Gasteiger charge is -2.15. The summed E-state index contributed by atoms with van der Waals surface area (Å²) in [4.78, 5) is 4.15. The molecule has 2 aromatic carbocycles. The number of aliphatic imine (C=N–C) groups is 1. The summed E-state index contributed by atoms with van der Waals surface area (Å²) >= 11 is 7.05. The molecule has 0 aliphatic carbocycles. The molecule has 8 nitrogen and oxygen atoms in total. The van der Waals surface area contributed by atoms with Crippen molar-refractivity contribution in [2.75, 3.05) is 20.8 Å². The van der Waals surface area contributed by atoms with Crippen LogP contribution in [0.3, 0.4) is 0 Å². The van der Waals surface area contributed by atoms with Crippen LogP contribution in [0.1, 0.15) is 29.7 Å². The normalized spacial score (nSPS) is 11.4. The van der Waals surface area contributed by atoms with Gasteiger partial charge in [0.25, 0.3) is 0 Å². The maximum Gasteiger partial charge on any atom is 0.133 e. The average Bonchev–Trinajstić information content (AvgIpc) is 3.33. The molecule has 0 bridgehead atoms. The van der Waals surface area contributed by atoms with Gasteiger partial charge in [-0.2, -0.15) is 0 Å². The van der Waals surface area contributed by atoms with Crippen LogP contribution in [0.2, 0.25) is 0 Å². The number of hydrogen-bond donors (Lipinski definition) is 1. The Morgan fingerprint density at radius 1 is 1.06 bits per heavy atom. The topological polar surface area (TPSA) is 90.8 Å². The molecule has 3 aromatic rings. The lowest BCUT2D eigenvalue weighted by atomic mass is 10.1. The molecule has 0 atom stereocenters. The molecule has 2 N–H and O–H groups in total. The van der Waals surface area contributed by atoms with Gasteiger partial charge in [-0.3, -0.25) is 9.67 Å². The van der Waals surface area contributed by atoms with E-state index >= 15 is 0 Å². The number of halogens is 2. The van der Waals surface area contributed by atoms with Crippen molar-refractivity contribution in [2.45, 2.75) is 38.6 Å². The van der Waals surface area contributed by atoms with Crippen molar-refractivity contribution in [1.82, 2.24) is 20.0 Å². The molecule has 0 spiro atoms. The average molecular weight is 620 g/mol. The van der Waals surface area contributed by atoms with Crippen LogP contribution in [0.25, 0.3) is 0 Å². The molecule has 192 valence electrons. The second-order valence-corrected chi connectivity index (χ2v) is 9.99. The second-order valence-electron chi connectivity index (χ2n) is 8.28. The van der Waals surface area contributed by atoms with E-state index in [2.05, 4.69) is 66.0 Å². The van der Waals surface area contributed by atoms with Crippen LogP contribution in [0.4, 0.5) is 0 Å². The Morgan fingerprint density at radius 2 is 1.69 bits per heavy atom. The van der Waals surface area contributed by atoms with Crippen LogP contribution >= 0.6 is 31.9 Å². The first-order chi connectivity index (χ1) is 17.4. The minimum absolute atomic E-state index is 0.664. The van der Waals surface area contributed by atoms with E-state index in [1.165, 1.54) is 11.1 Å². The van der Waals surface area contributed by atoms with E-state index < -0.39 is 0 Å². The molecular weight excluding hydrogens is 588 g/mol. The first-order valence-electron chi connectivity index (χ1n) is 11.6. The highest BCUT2D eigenvalue weighted by Gasteiger charge is 2.06. The summed E-state index contributed by atoms with van der Waals surface area (Å²) in [6.07, 6.45) is 7.98. The summed E-state index contributed by atoms with van der Waals surface area (Å²) < 4.78 is 14.3. The molecule has 10 heteroatoms. The van der Waals surface area contributed by atoms with E-state index in [0.29, 0.717) is 6.54 Å². The molecule has 0 amide bonds. The molecule has 0 fully saturated rings. The zero-order chi connectivity index (χ0) is 25.9. The largest absolute Gasteiger partial charge is 0.496 e. The SMILES string of the molecule is C=N/C(=C\N(N)CCc1ccc(OC)c(Br)c1)CCCc1cn(CCc2ccc(OC)c(Br)c2)nn1. The summed E-state index contributed by atoms with van der Waals surface area (Å²) in [6.45, 7) is 5.12. The number of rotatable bonds is 14. The fourth-order valence-corrected chi connectivity index (χ4v) is 4.86. The van der Waals surface area contributed by atoms with E-state index in [1.54, 1.807) is 19.2 Å². The number of hydrazine groups is 1. The number of nitrogens with zero attached hydrogens (tertiary/aromatic N) is 5.